The van der Waals surface area contributed by atoms with Crippen LogP contribution < -0.4 is 14.8 Å². The topological polar surface area (TPSA) is 140 Å². The van der Waals surface area contributed by atoms with Gasteiger partial charge in [-0.1, -0.05) is 27.2 Å². The standard InChI is InChI=1S/C32H40F2N4O7/c1-31(2,3)26-28(39)38-15-18(14-23(38)29(40)41)44-27-25(35-21-9-8-17(43-4)13-22(21)36-27)32(33,34)10-6-5-7-19-20-11-16(20)12-24(19)45-30(42)37-26/h8-9,13,16,18-20,23-24,26H,5-7,10-12,14-15H2,1-4H3,(H,37,42)(H,40,41)/t16?,18-,19-,20+,23+,24-,26-/m1/s1. The summed E-state index contributed by atoms with van der Waals surface area (Å²) in [6, 6.07) is 2.30. The molecule has 11 nitrogen and oxygen atoms in total. The first-order valence-corrected chi connectivity index (χ1v) is 15.7. The summed E-state index contributed by atoms with van der Waals surface area (Å²) in [4.78, 5) is 49.3. The zero-order valence-electron chi connectivity index (χ0n) is 25.9. The van der Waals surface area contributed by atoms with Gasteiger partial charge in [-0.25, -0.2) is 19.6 Å². The third-order valence-corrected chi connectivity index (χ3v) is 9.75. The van der Waals surface area contributed by atoms with E-state index in [1.807, 2.05) is 0 Å². The Hall–Kier alpha value is -3.77. The predicted octanol–water partition coefficient (Wildman–Crippen LogP) is 4.90. The molecule has 2 saturated carbocycles. The number of fused-ring (bicyclic) bond motifs is 7. The molecule has 2 aliphatic heterocycles. The molecule has 2 aliphatic carbocycles. The number of nitrogens with one attached hydrogen (secondary N) is 1. The summed E-state index contributed by atoms with van der Waals surface area (Å²) in [6.45, 7) is 5.09. The molecule has 244 valence electrons. The maximum Gasteiger partial charge on any atom is 0.408 e. The summed E-state index contributed by atoms with van der Waals surface area (Å²) in [5, 5.41) is 12.8. The van der Waals surface area contributed by atoms with Crippen LogP contribution in [-0.2, 0) is 20.2 Å². The highest BCUT2D eigenvalue weighted by atomic mass is 19.3. The van der Waals surface area contributed by atoms with E-state index >= 15 is 8.78 Å². The summed E-state index contributed by atoms with van der Waals surface area (Å²) in [5.41, 5.74) is -0.912. The molecule has 3 fully saturated rings. The number of alkyl carbamates (subject to hydrolysis) is 1. The smallest absolute Gasteiger partial charge is 0.408 e. The number of aliphatic carboxylic acids is 1. The van der Waals surface area contributed by atoms with Gasteiger partial charge in [-0.2, -0.15) is 8.78 Å². The quantitative estimate of drug-likeness (QED) is 0.474. The molecule has 2 bridgehead atoms. The molecule has 3 heterocycles. The van der Waals surface area contributed by atoms with Gasteiger partial charge < -0.3 is 29.5 Å². The second-order valence-electron chi connectivity index (χ2n) is 13.9. The lowest BCUT2D eigenvalue weighted by Crippen LogP contribution is -2.57. The molecule has 1 aromatic heterocycles. The Balaban J connectivity index is 1.38. The van der Waals surface area contributed by atoms with E-state index in [0.29, 0.717) is 36.8 Å². The van der Waals surface area contributed by atoms with Gasteiger partial charge in [-0.15, -0.1) is 0 Å². The van der Waals surface area contributed by atoms with Crippen molar-refractivity contribution in [3.8, 4) is 11.6 Å². The molecule has 45 heavy (non-hydrogen) atoms. The number of hydrogen-bond acceptors (Lipinski definition) is 8. The van der Waals surface area contributed by atoms with Crippen LogP contribution in [0.1, 0.15) is 71.4 Å². The minimum Gasteiger partial charge on any atom is -0.497 e. The molecule has 13 heteroatoms. The average Bonchev–Trinajstić information content (AvgIpc) is 3.46. The number of carbonyl (C=O) groups is 3. The van der Waals surface area contributed by atoms with Gasteiger partial charge in [0.15, 0.2) is 5.69 Å². The Kier molecular flexibility index (Phi) is 8.01. The first kappa shape index (κ1) is 31.2. The Bertz CT molecular complexity index is 1500. The number of carboxylic acids is 1. The van der Waals surface area contributed by atoms with E-state index in [1.165, 1.54) is 7.11 Å². The van der Waals surface area contributed by atoms with Crippen molar-refractivity contribution >= 4 is 29.0 Å². The van der Waals surface area contributed by atoms with Crippen LogP contribution in [0, 0.1) is 23.2 Å². The molecular weight excluding hydrogens is 590 g/mol. The largest absolute Gasteiger partial charge is 0.497 e. The molecule has 0 spiro atoms. The minimum atomic E-state index is -3.40. The highest BCUT2D eigenvalue weighted by Crippen LogP contribution is 2.58. The molecule has 1 unspecified atom stereocenters. The highest BCUT2D eigenvalue weighted by Gasteiger charge is 2.55. The van der Waals surface area contributed by atoms with E-state index in [9.17, 15) is 19.5 Å². The number of alkyl halides is 2. The van der Waals surface area contributed by atoms with E-state index in [2.05, 4.69) is 15.3 Å². The zero-order chi connectivity index (χ0) is 32.3. The van der Waals surface area contributed by atoms with Gasteiger partial charge >= 0.3 is 12.1 Å². The molecular formula is C32H40F2N4O7. The Morgan fingerprint density at radius 2 is 1.87 bits per heavy atom. The molecule has 4 aliphatic rings. The highest BCUT2D eigenvalue weighted by molar-refractivity contribution is 5.90. The van der Waals surface area contributed by atoms with Crippen LogP contribution in [0.5, 0.6) is 11.6 Å². The number of methoxy groups -OCH3 is 1. The van der Waals surface area contributed by atoms with Crippen molar-refractivity contribution in [2.45, 2.75) is 95.9 Å². The van der Waals surface area contributed by atoms with Gasteiger partial charge in [0.2, 0.25) is 11.8 Å². The summed E-state index contributed by atoms with van der Waals surface area (Å²) in [6.07, 6.45) is 0.369. The number of carbonyl (C=O) groups excluding carboxylic acids is 2. The zero-order valence-corrected chi connectivity index (χ0v) is 25.9. The third kappa shape index (κ3) is 6.22. The second kappa shape index (κ2) is 11.5. The van der Waals surface area contributed by atoms with Crippen molar-refractivity contribution in [3.63, 3.8) is 0 Å². The lowest BCUT2D eigenvalue weighted by molar-refractivity contribution is -0.150. The molecule has 1 saturated heterocycles. The number of hydrogen-bond donors (Lipinski definition) is 2. The number of benzene rings is 1. The van der Waals surface area contributed by atoms with E-state index in [-0.39, 0.29) is 42.4 Å². The van der Waals surface area contributed by atoms with Crippen LogP contribution in [-0.4, -0.2) is 75.9 Å². The van der Waals surface area contributed by atoms with Crippen LogP contribution in [0.25, 0.3) is 11.0 Å². The van der Waals surface area contributed by atoms with E-state index < -0.39 is 65.5 Å². The summed E-state index contributed by atoms with van der Waals surface area (Å²) >= 11 is 0. The molecule has 6 rings (SSSR count). The molecule has 2 N–H and O–H groups in total. The van der Waals surface area contributed by atoms with Crippen LogP contribution >= 0.6 is 0 Å². The maximum atomic E-state index is 16.0. The van der Waals surface area contributed by atoms with Crippen molar-refractivity contribution in [3.05, 3.63) is 23.9 Å². The lowest BCUT2D eigenvalue weighted by atomic mass is 9.85. The number of aromatic nitrogens is 2. The fourth-order valence-electron chi connectivity index (χ4n) is 7.28. The third-order valence-electron chi connectivity index (χ3n) is 9.75. The second-order valence-corrected chi connectivity index (χ2v) is 13.9. The van der Waals surface area contributed by atoms with Gasteiger partial charge in [-0.05, 0) is 61.0 Å². The van der Waals surface area contributed by atoms with Gasteiger partial charge in [-0.3, -0.25) is 4.79 Å². The van der Waals surface area contributed by atoms with Crippen molar-refractivity contribution in [1.29, 1.82) is 0 Å². The SMILES string of the molecule is COc1ccc2nc3c(nc2c1)O[C@@H]1C[C@@H](C(=O)O)N(C1)C(=O)[C@H](C(C)(C)C)NC(=O)O[C@@H]1CC2C[C@@H]2[C@H]1CCCCC3(F)F. The number of carboxylic acid groups (broad SMARTS) is 1. The van der Waals surface area contributed by atoms with Crippen molar-refractivity contribution in [1.82, 2.24) is 20.2 Å². The first-order chi connectivity index (χ1) is 21.2. The van der Waals surface area contributed by atoms with Crippen LogP contribution in [0.4, 0.5) is 13.6 Å². The van der Waals surface area contributed by atoms with Crippen molar-refractivity contribution in [2.75, 3.05) is 13.7 Å². The molecule has 1 aromatic carbocycles. The lowest BCUT2D eigenvalue weighted by Gasteiger charge is -2.35. The number of ether oxygens (including phenoxy) is 3. The Labute approximate surface area is 260 Å². The van der Waals surface area contributed by atoms with Crippen LogP contribution in [0.3, 0.4) is 0 Å². The molecule has 2 amide bonds. The van der Waals surface area contributed by atoms with Gasteiger partial charge in [0, 0.05) is 18.9 Å². The number of nitrogens with zero attached hydrogens (tertiary/aromatic N) is 3. The normalized spacial score (nSPS) is 31.8. The first-order valence-electron chi connectivity index (χ1n) is 15.7. The molecule has 0 radical (unpaired) electrons. The number of amides is 2. The van der Waals surface area contributed by atoms with Gasteiger partial charge in [0.05, 0.1) is 24.7 Å². The monoisotopic (exact) mass is 630 g/mol. The van der Waals surface area contributed by atoms with Gasteiger partial charge in [0.25, 0.3) is 5.92 Å². The Morgan fingerprint density at radius 3 is 2.58 bits per heavy atom. The van der Waals surface area contributed by atoms with Crippen molar-refractivity contribution < 1.29 is 42.5 Å². The van der Waals surface area contributed by atoms with E-state index in [0.717, 1.165) is 11.3 Å². The molecule has 7 atom stereocenters. The summed E-state index contributed by atoms with van der Waals surface area (Å²) in [5.74, 6) is -4.34. The van der Waals surface area contributed by atoms with Gasteiger partial charge in [0.1, 0.15) is 30.0 Å². The summed E-state index contributed by atoms with van der Waals surface area (Å²) in [7, 11) is 1.47. The minimum absolute atomic E-state index is 0.0575. The van der Waals surface area contributed by atoms with E-state index in [4.69, 9.17) is 14.2 Å². The summed E-state index contributed by atoms with van der Waals surface area (Å²) < 4.78 is 49.1. The Morgan fingerprint density at radius 1 is 1.09 bits per heavy atom. The predicted molar refractivity (Wildman–Crippen MR) is 157 cm³/mol. The number of halogens is 2. The van der Waals surface area contributed by atoms with E-state index in [1.54, 1.807) is 39.0 Å². The van der Waals surface area contributed by atoms with Crippen LogP contribution in [0.2, 0.25) is 0 Å². The fraction of sp³-hybridized carbons (Fsp3) is 0.656. The fourth-order valence-corrected chi connectivity index (χ4v) is 7.28. The van der Waals surface area contributed by atoms with Crippen LogP contribution in [0.15, 0.2) is 18.2 Å². The number of rotatable bonds is 2. The average molecular weight is 631 g/mol. The maximum absolute atomic E-state index is 16.0. The van der Waals surface area contributed by atoms with Crippen molar-refractivity contribution in [2.24, 2.45) is 23.2 Å². The molecule has 2 aromatic rings.